The van der Waals surface area contributed by atoms with Crippen molar-refractivity contribution in [2.75, 3.05) is 6.54 Å². The number of benzene rings is 1. The van der Waals surface area contributed by atoms with Crippen LogP contribution in [0.15, 0.2) is 24.4 Å². The molecule has 1 aromatic heterocycles. The largest absolute Gasteiger partial charge is 0.345 e. The fourth-order valence-electron chi connectivity index (χ4n) is 1.58. The normalized spacial score (nSPS) is 11.1. The van der Waals surface area contributed by atoms with Crippen LogP contribution < -0.4 is 5.73 Å². The lowest BCUT2D eigenvalue weighted by molar-refractivity contribution is 0.735. The van der Waals surface area contributed by atoms with E-state index in [1.807, 2.05) is 29.0 Å². The number of fused-ring (bicyclic) bond motifs is 1. The van der Waals surface area contributed by atoms with Crippen molar-refractivity contribution in [1.29, 1.82) is 0 Å². The fraction of sp³-hybridized carbons (Fsp3) is 0.200. The Balaban J connectivity index is 2.71. The molecule has 1 heterocycles. The van der Waals surface area contributed by atoms with Crippen LogP contribution >= 0.6 is 23.2 Å². The molecule has 2 aromatic rings. The first-order valence-electron chi connectivity index (χ1n) is 4.37. The Morgan fingerprint density at radius 1 is 1.21 bits per heavy atom. The second kappa shape index (κ2) is 3.81. The number of halogens is 2. The lowest BCUT2D eigenvalue weighted by Gasteiger charge is -2.02. The third kappa shape index (κ3) is 1.50. The number of hydrogen-bond donors (Lipinski definition) is 1. The van der Waals surface area contributed by atoms with E-state index in [4.69, 9.17) is 28.9 Å². The van der Waals surface area contributed by atoms with Crippen molar-refractivity contribution >= 4 is 34.1 Å². The van der Waals surface area contributed by atoms with E-state index in [-0.39, 0.29) is 0 Å². The second-order valence-electron chi connectivity index (χ2n) is 3.09. The minimum atomic E-state index is 0.590. The van der Waals surface area contributed by atoms with Gasteiger partial charge in [-0.05, 0) is 12.1 Å². The van der Waals surface area contributed by atoms with Gasteiger partial charge in [-0.1, -0.05) is 29.3 Å². The lowest BCUT2D eigenvalue weighted by Crippen LogP contribution is -2.08. The maximum absolute atomic E-state index is 6.07. The van der Waals surface area contributed by atoms with E-state index in [2.05, 4.69) is 0 Å². The van der Waals surface area contributed by atoms with Crippen molar-refractivity contribution in [2.24, 2.45) is 5.73 Å². The third-order valence-corrected chi connectivity index (χ3v) is 2.78. The van der Waals surface area contributed by atoms with Crippen LogP contribution in [-0.2, 0) is 6.54 Å². The summed E-state index contributed by atoms with van der Waals surface area (Å²) in [5, 5.41) is 2.27. The number of nitrogens with two attached hydrogens (primary N) is 1. The van der Waals surface area contributed by atoms with Gasteiger partial charge in [0.25, 0.3) is 0 Å². The molecule has 2 N–H and O–H groups in total. The summed E-state index contributed by atoms with van der Waals surface area (Å²) in [6.07, 6.45) is 1.87. The van der Waals surface area contributed by atoms with Gasteiger partial charge in [0.05, 0.1) is 15.6 Å². The average molecular weight is 229 g/mol. The van der Waals surface area contributed by atoms with Crippen LogP contribution in [0.25, 0.3) is 10.9 Å². The first-order chi connectivity index (χ1) is 6.74. The summed E-state index contributed by atoms with van der Waals surface area (Å²) in [5.41, 5.74) is 6.54. The lowest BCUT2D eigenvalue weighted by atomic mass is 10.2. The molecule has 0 radical (unpaired) electrons. The molecular weight excluding hydrogens is 219 g/mol. The SMILES string of the molecule is NCCn1cc(Cl)c2c(Cl)cccc21. The molecule has 0 bridgehead atoms. The van der Waals surface area contributed by atoms with Gasteiger partial charge in [-0.3, -0.25) is 0 Å². The average Bonchev–Trinajstić information content (AvgIpc) is 2.46. The molecule has 0 aliphatic rings. The van der Waals surface area contributed by atoms with Gasteiger partial charge in [0, 0.05) is 24.7 Å². The molecule has 0 saturated carbocycles. The van der Waals surface area contributed by atoms with Crippen LogP contribution in [0, 0.1) is 0 Å². The van der Waals surface area contributed by atoms with E-state index in [0.29, 0.717) is 16.6 Å². The summed E-state index contributed by atoms with van der Waals surface area (Å²) in [6, 6.07) is 5.74. The maximum Gasteiger partial charge on any atom is 0.0676 e. The van der Waals surface area contributed by atoms with Gasteiger partial charge in [0.15, 0.2) is 0 Å². The summed E-state index contributed by atoms with van der Waals surface area (Å²) in [6.45, 7) is 1.34. The van der Waals surface area contributed by atoms with Crippen LogP contribution in [-0.4, -0.2) is 11.1 Å². The summed E-state index contributed by atoms with van der Waals surface area (Å²) in [4.78, 5) is 0. The number of rotatable bonds is 2. The Hall–Kier alpha value is -0.700. The predicted molar refractivity (Wildman–Crippen MR) is 61.0 cm³/mol. The summed E-state index contributed by atoms with van der Waals surface area (Å²) in [7, 11) is 0. The number of nitrogens with zero attached hydrogens (tertiary/aromatic N) is 1. The first kappa shape index (κ1) is 9.84. The maximum atomic E-state index is 6.07. The number of hydrogen-bond acceptors (Lipinski definition) is 1. The second-order valence-corrected chi connectivity index (χ2v) is 3.91. The van der Waals surface area contributed by atoms with E-state index in [1.165, 1.54) is 0 Å². The zero-order valence-corrected chi connectivity index (χ0v) is 9.02. The van der Waals surface area contributed by atoms with Gasteiger partial charge >= 0.3 is 0 Å². The van der Waals surface area contributed by atoms with E-state index >= 15 is 0 Å². The van der Waals surface area contributed by atoms with E-state index < -0.39 is 0 Å². The van der Waals surface area contributed by atoms with Crippen molar-refractivity contribution < 1.29 is 0 Å². The summed E-state index contributed by atoms with van der Waals surface area (Å²) in [5.74, 6) is 0. The molecule has 1 aromatic carbocycles. The molecule has 0 unspecified atom stereocenters. The van der Waals surface area contributed by atoms with E-state index in [1.54, 1.807) is 0 Å². The zero-order chi connectivity index (χ0) is 10.1. The Morgan fingerprint density at radius 2 is 2.00 bits per heavy atom. The molecule has 0 amide bonds. The molecule has 0 saturated heterocycles. The van der Waals surface area contributed by atoms with Crippen LogP contribution in [0.5, 0.6) is 0 Å². The van der Waals surface area contributed by atoms with Gasteiger partial charge in [0.2, 0.25) is 0 Å². The molecule has 0 aliphatic carbocycles. The number of aromatic nitrogens is 1. The summed E-state index contributed by atoms with van der Waals surface area (Å²) >= 11 is 12.1. The smallest absolute Gasteiger partial charge is 0.0676 e. The Bertz CT molecular complexity index is 462. The van der Waals surface area contributed by atoms with Crippen LogP contribution in [0.3, 0.4) is 0 Å². The molecule has 0 aliphatic heterocycles. The van der Waals surface area contributed by atoms with Crippen molar-refractivity contribution in [2.45, 2.75) is 6.54 Å². The van der Waals surface area contributed by atoms with Crippen LogP contribution in [0.4, 0.5) is 0 Å². The van der Waals surface area contributed by atoms with Crippen molar-refractivity contribution in [3.05, 3.63) is 34.4 Å². The van der Waals surface area contributed by atoms with Gasteiger partial charge < -0.3 is 10.3 Å². The molecular formula is C10H10Cl2N2. The highest BCUT2D eigenvalue weighted by molar-refractivity contribution is 6.42. The summed E-state index contributed by atoms with van der Waals surface area (Å²) < 4.78 is 2.02. The quantitative estimate of drug-likeness (QED) is 0.843. The standard InChI is InChI=1S/C10H10Cl2N2/c11-7-2-1-3-9-10(7)8(12)6-14(9)5-4-13/h1-3,6H,4-5,13H2. The van der Waals surface area contributed by atoms with Crippen molar-refractivity contribution in [1.82, 2.24) is 4.57 Å². The van der Waals surface area contributed by atoms with E-state index in [9.17, 15) is 0 Å². The predicted octanol–water partition coefficient (Wildman–Crippen LogP) is 2.91. The van der Waals surface area contributed by atoms with Gasteiger partial charge in [-0.25, -0.2) is 0 Å². The van der Waals surface area contributed by atoms with Crippen LogP contribution in [0.1, 0.15) is 0 Å². The highest BCUT2D eigenvalue weighted by atomic mass is 35.5. The van der Waals surface area contributed by atoms with Crippen molar-refractivity contribution in [3.8, 4) is 0 Å². The molecule has 0 spiro atoms. The highest BCUT2D eigenvalue weighted by Crippen LogP contribution is 2.31. The van der Waals surface area contributed by atoms with Crippen molar-refractivity contribution in [3.63, 3.8) is 0 Å². The monoisotopic (exact) mass is 228 g/mol. The molecule has 14 heavy (non-hydrogen) atoms. The zero-order valence-electron chi connectivity index (χ0n) is 7.50. The molecule has 2 nitrogen and oxygen atoms in total. The first-order valence-corrected chi connectivity index (χ1v) is 5.12. The third-order valence-electron chi connectivity index (χ3n) is 2.18. The molecule has 0 atom stereocenters. The fourth-order valence-corrected chi connectivity index (χ4v) is 2.22. The van der Waals surface area contributed by atoms with Gasteiger partial charge in [-0.15, -0.1) is 0 Å². The van der Waals surface area contributed by atoms with Gasteiger partial charge in [0.1, 0.15) is 0 Å². The molecule has 4 heteroatoms. The molecule has 0 fully saturated rings. The molecule has 74 valence electrons. The Morgan fingerprint density at radius 3 is 2.71 bits per heavy atom. The topological polar surface area (TPSA) is 30.9 Å². The molecule has 2 rings (SSSR count). The minimum absolute atomic E-state index is 0.590. The Kier molecular flexibility index (Phi) is 2.68. The van der Waals surface area contributed by atoms with E-state index in [0.717, 1.165) is 17.4 Å². The Labute approximate surface area is 92.2 Å². The minimum Gasteiger partial charge on any atom is -0.345 e. The highest BCUT2D eigenvalue weighted by Gasteiger charge is 2.08. The van der Waals surface area contributed by atoms with Gasteiger partial charge in [-0.2, -0.15) is 0 Å². The van der Waals surface area contributed by atoms with Crippen LogP contribution in [0.2, 0.25) is 10.0 Å².